The number of hydrogen-bond acceptors (Lipinski definition) is 5. The van der Waals surface area contributed by atoms with Gasteiger partial charge < -0.3 is 10.6 Å². The van der Waals surface area contributed by atoms with Gasteiger partial charge in [-0.1, -0.05) is 35.4 Å². The highest BCUT2D eigenvalue weighted by atomic mass is 15.3. The van der Waals surface area contributed by atoms with Crippen LogP contribution in [0, 0.1) is 34.6 Å². The number of benzene rings is 2. The summed E-state index contributed by atoms with van der Waals surface area (Å²) >= 11 is 0. The number of anilines is 4. The van der Waals surface area contributed by atoms with Gasteiger partial charge in [0.15, 0.2) is 5.82 Å². The Hall–Kier alpha value is -2.95. The Labute approximate surface area is 148 Å². The third-order valence-corrected chi connectivity index (χ3v) is 4.12. The minimum Gasteiger partial charge on any atom is -0.339 e. The maximum Gasteiger partial charge on any atom is 0.249 e. The minimum absolute atomic E-state index is 0.477. The lowest BCUT2D eigenvalue weighted by atomic mass is 10.1. The van der Waals surface area contributed by atoms with Gasteiger partial charge in [0.1, 0.15) is 0 Å². The average Bonchev–Trinajstić information content (AvgIpc) is 2.54. The van der Waals surface area contributed by atoms with Crippen molar-refractivity contribution in [3.8, 4) is 0 Å². The molecule has 3 rings (SSSR count). The number of rotatable bonds is 4. The summed E-state index contributed by atoms with van der Waals surface area (Å²) in [4.78, 5) is 4.54. The van der Waals surface area contributed by atoms with Gasteiger partial charge in [0, 0.05) is 11.4 Å². The van der Waals surface area contributed by atoms with Gasteiger partial charge in [0.25, 0.3) is 0 Å². The molecule has 0 aliphatic rings. The van der Waals surface area contributed by atoms with E-state index in [2.05, 4.69) is 84.7 Å². The lowest BCUT2D eigenvalue weighted by Crippen LogP contribution is -2.05. The van der Waals surface area contributed by atoms with Gasteiger partial charge in [-0.05, 0) is 57.4 Å². The number of hydrogen-bond donors (Lipinski definition) is 2. The predicted octanol–water partition coefficient (Wildman–Crippen LogP) is 4.90. The number of aryl methyl sites for hydroxylation is 5. The Balaban J connectivity index is 1.85. The summed E-state index contributed by atoms with van der Waals surface area (Å²) in [6.45, 7) is 10.4. The van der Waals surface area contributed by atoms with Crippen LogP contribution in [0.3, 0.4) is 0 Å². The molecule has 1 heterocycles. The molecule has 5 nitrogen and oxygen atoms in total. The molecular formula is C20H23N5. The van der Waals surface area contributed by atoms with Gasteiger partial charge in [-0.25, -0.2) is 0 Å². The van der Waals surface area contributed by atoms with E-state index in [0.717, 1.165) is 22.5 Å². The molecular weight excluding hydrogens is 310 g/mol. The zero-order valence-electron chi connectivity index (χ0n) is 15.3. The van der Waals surface area contributed by atoms with Crippen LogP contribution in [0.25, 0.3) is 0 Å². The van der Waals surface area contributed by atoms with E-state index < -0.39 is 0 Å². The van der Waals surface area contributed by atoms with E-state index in [1.165, 1.54) is 16.7 Å². The van der Waals surface area contributed by atoms with E-state index >= 15 is 0 Å². The number of aromatic nitrogens is 3. The van der Waals surface area contributed by atoms with E-state index in [0.29, 0.717) is 11.8 Å². The van der Waals surface area contributed by atoms with E-state index in [1.807, 2.05) is 6.07 Å². The predicted molar refractivity (Wildman–Crippen MR) is 103 cm³/mol. The molecule has 0 aliphatic carbocycles. The third-order valence-electron chi connectivity index (χ3n) is 4.12. The summed E-state index contributed by atoms with van der Waals surface area (Å²) in [5, 5.41) is 14.8. The van der Waals surface area contributed by atoms with Crippen molar-refractivity contribution in [2.24, 2.45) is 0 Å². The molecule has 3 aromatic rings. The van der Waals surface area contributed by atoms with Crippen LogP contribution >= 0.6 is 0 Å². The molecule has 0 saturated heterocycles. The van der Waals surface area contributed by atoms with Crippen molar-refractivity contribution in [3.63, 3.8) is 0 Å². The maximum atomic E-state index is 4.54. The molecule has 2 N–H and O–H groups in total. The molecule has 0 aliphatic heterocycles. The second kappa shape index (κ2) is 6.89. The van der Waals surface area contributed by atoms with Crippen molar-refractivity contribution in [1.29, 1.82) is 0 Å². The third kappa shape index (κ3) is 3.94. The zero-order valence-corrected chi connectivity index (χ0v) is 15.3. The van der Waals surface area contributed by atoms with Crippen molar-refractivity contribution in [1.82, 2.24) is 15.2 Å². The first-order valence-electron chi connectivity index (χ1n) is 8.31. The van der Waals surface area contributed by atoms with Crippen LogP contribution in [-0.4, -0.2) is 15.2 Å². The summed E-state index contributed by atoms with van der Waals surface area (Å²) in [7, 11) is 0. The highest BCUT2D eigenvalue weighted by Gasteiger charge is 2.08. The molecule has 0 radical (unpaired) electrons. The second-order valence-corrected chi connectivity index (χ2v) is 6.51. The van der Waals surface area contributed by atoms with Gasteiger partial charge in [0.05, 0.1) is 6.20 Å². The molecule has 0 unspecified atom stereocenters. The number of nitrogens with one attached hydrogen (secondary N) is 2. The fourth-order valence-electron chi connectivity index (χ4n) is 3.00. The second-order valence-electron chi connectivity index (χ2n) is 6.51. The van der Waals surface area contributed by atoms with Gasteiger partial charge in [0.2, 0.25) is 5.95 Å². The monoisotopic (exact) mass is 333 g/mol. The van der Waals surface area contributed by atoms with Gasteiger partial charge in [-0.15, -0.1) is 5.10 Å². The zero-order chi connectivity index (χ0) is 18.0. The van der Waals surface area contributed by atoms with E-state index in [4.69, 9.17) is 0 Å². The topological polar surface area (TPSA) is 62.7 Å². The molecule has 0 fully saturated rings. The summed E-state index contributed by atoms with van der Waals surface area (Å²) in [6.07, 6.45) is 1.62. The van der Waals surface area contributed by atoms with Crippen LogP contribution in [0.5, 0.6) is 0 Å². The molecule has 2 aromatic carbocycles. The Bertz CT molecular complexity index is 895. The molecule has 0 spiro atoms. The van der Waals surface area contributed by atoms with Crippen LogP contribution in [0.1, 0.15) is 27.8 Å². The fourth-order valence-corrected chi connectivity index (χ4v) is 3.00. The van der Waals surface area contributed by atoms with Gasteiger partial charge >= 0.3 is 0 Å². The molecule has 0 bridgehead atoms. The molecule has 128 valence electrons. The van der Waals surface area contributed by atoms with Crippen molar-refractivity contribution in [2.45, 2.75) is 34.6 Å². The minimum atomic E-state index is 0.477. The largest absolute Gasteiger partial charge is 0.339 e. The van der Waals surface area contributed by atoms with Crippen LogP contribution in [0.4, 0.5) is 23.1 Å². The smallest absolute Gasteiger partial charge is 0.249 e. The van der Waals surface area contributed by atoms with Gasteiger partial charge in [-0.3, -0.25) is 0 Å². The lowest BCUT2D eigenvalue weighted by Gasteiger charge is -2.13. The van der Waals surface area contributed by atoms with Crippen molar-refractivity contribution in [2.75, 3.05) is 10.6 Å². The molecule has 1 aromatic heterocycles. The number of nitrogens with zero attached hydrogens (tertiary/aromatic N) is 3. The quantitative estimate of drug-likeness (QED) is 0.711. The van der Waals surface area contributed by atoms with Crippen LogP contribution in [0.15, 0.2) is 36.5 Å². The summed E-state index contributed by atoms with van der Waals surface area (Å²) in [6, 6.07) is 10.5. The standard InChI is InChI=1S/C20H23N5/c1-12-6-7-17(14(3)8-12)22-18-11-21-25-20(23-18)24-19-15(4)9-13(2)10-16(19)5/h6-11H,1-5H3,(H2,22,23,24,25). The van der Waals surface area contributed by atoms with Crippen molar-refractivity contribution < 1.29 is 0 Å². The molecule has 0 saturated carbocycles. The van der Waals surface area contributed by atoms with E-state index in [1.54, 1.807) is 6.20 Å². The van der Waals surface area contributed by atoms with E-state index in [9.17, 15) is 0 Å². The molecule has 25 heavy (non-hydrogen) atoms. The first kappa shape index (κ1) is 16.9. The lowest BCUT2D eigenvalue weighted by molar-refractivity contribution is 0.980. The Kier molecular flexibility index (Phi) is 4.65. The Morgan fingerprint density at radius 2 is 1.44 bits per heavy atom. The van der Waals surface area contributed by atoms with E-state index in [-0.39, 0.29) is 0 Å². The normalized spacial score (nSPS) is 10.6. The SMILES string of the molecule is Cc1ccc(Nc2cnnc(Nc3c(C)cc(C)cc3C)n2)c(C)c1. The molecule has 0 amide bonds. The average molecular weight is 333 g/mol. The summed E-state index contributed by atoms with van der Waals surface area (Å²) in [5.41, 5.74) is 8.00. The Morgan fingerprint density at radius 3 is 2.12 bits per heavy atom. The fraction of sp³-hybridized carbons (Fsp3) is 0.250. The van der Waals surface area contributed by atoms with Crippen molar-refractivity contribution >= 4 is 23.1 Å². The van der Waals surface area contributed by atoms with Gasteiger partial charge in [-0.2, -0.15) is 10.1 Å². The highest BCUT2D eigenvalue weighted by Crippen LogP contribution is 2.25. The van der Waals surface area contributed by atoms with Crippen LogP contribution < -0.4 is 10.6 Å². The highest BCUT2D eigenvalue weighted by molar-refractivity contribution is 5.65. The first-order chi connectivity index (χ1) is 11.9. The molecule has 5 heteroatoms. The Morgan fingerprint density at radius 1 is 0.760 bits per heavy atom. The summed E-state index contributed by atoms with van der Waals surface area (Å²) < 4.78 is 0. The maximum absolute atomic E-state index is 4.54. The first-order valence-corrected chi connectivity index (χ1v) is 8.31. The van der Waals surface area contributed by atoms with Crippen molar-refractivity contribution in [3.05, 3.63) is 64.3 Å². The van der Waals surface area contributed by atoms with Crippen LogP contribution in [-0.2, 0) is 0 Å². The molecule has 0 atom stereocenters. The van der Waals surface area contributed by atoms with Crippen LogP contribution in [0.2, 0.25) is 0 Å². The summed E-state index contributed by atoms with van der Waals surface area (Å²) in [5.74, 6) is 1.14.